The highest BCUT2D eigenvalue weighted by molar-refractivity contribution is 5.79. The second-order valence-corrected chi connectivity index (χ2v) is 7.36. The number of hydrogen-bond donors (Lipinski definition) is 0. The van der Waals surface area contributed by atoms with Gasteiger partial charge < -0.3 is 13.9 Å². The van der Waals surface area contributed by atoms with Gasteiger partial charge in [0, 0.05) is 23.9 Å². The lowest BCUT2D eigenvalue weighted by molar-refractivity contribution is -0.136. The summed E-state index contributed by atoms with van der Waals surface area (Å²) in [6.45, 7) is 6.53. The van der Waals surface area contributed by atoms with E-state index in [2.05, 4.69) is 15.3 Å². The first-order valence-corrected chi connectivity index (χ1v) is 9.10. The Bertz CT molecular complexity index is 758. The van der Waals surface area contributed by atoms with E-state index < -0.39 is 0 Å². The highest BCUT2D eigenvalue weighted by atomic mass is 16.5. The van der Waals surface area contributed by atoms with E-state index in [-0.39, 0.29) is 17.9 Å². The summed E-state index contributed by atoms with van der Waals surface area (Å²) in [4.78, 5) is 19.5. The molecule has 7 heteroatoms. The number of nitrogens with zero attached hydrogens (tertiary/aromatic N) is 4. The van der Waals surface area contributed by atoms with E-state index in [1.807, 2.05) is 25.7 Å². The average Bonchev–Trinajstić information content (AvgIpc) is 3.02. The maximum Gasteiger partial charge on any atom is 0.229 e. The molecule has 0 bridgehead atoms. The molecule has 1 saturated heterocycles. The Kier molecular flexibility index (Phi) is 4.09. The maximum absolute atomic E-state index is 13.0. The minimum Gasteiger partial charge on any atom is -0.361 e. The van der Waals surface area contributed by atoms with Gasteiger partial charge in [-0.1, -0.05) is 17.2 Å². The zero-order valence-corrected chi connectivity index (χ0v) is 15.0. The molecular formula is C18H24N4O3. The molecule has 0 aromatic carbocycles. The van der Waals surface area contributed by atoms with Crippen LogP contribution in [0.3, 0.4) is 0 Å². The van der Waals surface area contributed by atoms with Crippen LogP contribution < -0.4 is 0 Å². The van der Waals surface area contributed by atoms with Crippen LogP contribution in [0.5, 0.6) is 0 Å². The van der Waals surface area contributed by atoms with Gasteiger partial charge in [-0.15, -0.1) is 0 Å². The van der Waals surface area contributed by atoms with E-state index in [1.54, 1.807) is 0 Å². The Morgan fingerprint density at radius 1 is 1.24 bits per heavy atom. The van der Waals surface area contributed by atoms with Crippen LogP contribution in [0.1, 0.15) is 73.3 Å². The summed E-state index contributed by atoms with van der Waals surface area (Å²) in [6.07, 6.45) is 4.77. The fourth-order valence-corrected chi connectivity index (χ4v) is 3.65. The summed E-state index contributed by atoms with van der Waals surface area (Å²) in [5, 5.41) is 8.13. The monoisotopic (exact) mass is 344 g/mol. The number of aryl methyl sites for hydroxylation is 2. The first-order chi connectivity index (χ1) is 12.0. The third-order valence-electron chi connectivity index (χ3n) is 5.33. The van der Waals surface area contributed by atoms with Crippen molar-refractivity contribution in [2.45, 2.75) is 64.8 Å². The van der Waals surface area contributed by atoms with Gasteiger partial charge in [0.25, 0.3) is 0 Å². The van der Waals surface area contributed by atoms with Gasteiger partial charge in [-0.2, -0.15) is 4.98 Å². The van der Waals surface area contributed by atoms with Crippen LogP contribution in [0, 0.1) is 19.8 Å². The fraction of sp³-hybridized carbons (Fsp3) is 0.667. The number of likely N-dealkylation sites (tertiary alicyclic amines) is 1. The van der Waals surface area contributed by atoms with Crippen LogP contribution in [0.4, 0.5) is 0 Å². The summed E-state index contributed by atoms with van der Waals surface area (Å²) in [7, 11) is 0. The number of amides is 1. The van der Waals surface area contributed by atoms with Crippen LogP contribution >= 0.6 is 0 Å². The maximum atomic E-state index is 13.0. The van der Waals surface area contributed by atoms with Crippen molar-refractivity contribution < 1.29 is 13.8 Å². The molecule has 2 aromatic rings. The number of hydrogen-bond acceptors (Lipinski definition) is 6. The van der Waals surface area contributed by atoms with Gasteiger partial charge in [-0.05, 0) is 46.0 Å². The number of carbonyl (C=O) groups is 1. The molecule has 2 aromatic heterocycles. The van der Waals surface area contributed by atoms with Crippen LogP contribution in [-0.4, -0.2) is 32.6 Å². The molecule has 7 nitrogen and oxygen atoms in total. The molecule has 0 N–H and O–H groups in total. The van der Waals surface area contributed by atoms with Crippen molar-refractivity contribution in [3.8, 4) is 0 Å². The lowest BCUT2D eigenvalue weighted by Crippen LogP contribution is -2.36. The normalized spacial score (nSPS) is 21.7. The zero-order chi connectivity index (χ0) is 17.6. The molecule has 0 spiro atoms. The SMILES string of the molecule is Cc1noc(C)c1C[C@@H](C)C(=O)N1CCC[C@@H]1c1noc(C2CC2)n1. The van der Waals surface area contributed by atoms with E-state index in [0.717, 1.165) is 55.1 Å². The van der Waals surface area contributed by atoms with E-state index in [0.29, 0.717) is 18.2 Å². The quantitative estimate of drug-likeness (QED) is 0.828. The molecule has 1 saturated carbocycles. The van der Waals surface area contributed by atoms with Crippen molar-refractivity contribution in [2.24, 2.45) is 5.92 Å². The van der Waals surface area contributed by atoms with Crippen molar-refractivity contribution in [2.75, 3.05) is 6.54 Å². The smallest absolute Gasteiger partial charge is 0.229 e. The highest BCUT2D eigenvalue weighted by Crippen LogP contribution is 2.40. The molecule has 0 radical (unpaired) electrons. The molecule has 1 aliphatic heterocycles. The highest BCUT2D eigenvalue weighted by Gasteiger charge is 2.37. The third kappa shape index (κ3) is 3.07. The molecule has 4 rings (SSSR count). The largest absolute Gasteiger partial charge is 0.361 e. The van der Waals surface area contributed by atoms with Crippen LogP contribution in [0.15, 0.2) is 9.05 Å². The molecule has 0 unspecified atom stereocenters. The molecule has 3 heterocycles. The second-order valence-electron chi connectivity index (χ2n) is 7.36. The van der Waals surface area contributed by atoms with E-state index in [9.17, 15) is 4.79 Å². The predicted octanol–water partition coefficient (Wildman–Crippen LogP) is 3.09. The Morgan fingerprint density at radius 2 is 2.04 bits per heavy atom. The zero-order valence-electron chi connectivity index (χ0n) is 15.0. The van der Waals surface area contributed by atoms with Crippen LogP contribution in [0.25, 0.3) is 0 Å². The minimum absolute atomic E-state index is 0.0594. The summed E-state index contributed by atoms with van der Waals surface area (Å²) >= 11 is 0. The lowest BCUT2D eigenvalue weighted by Gasteiger charge is -2.25. The van der Waals surface area contributed by atoms with E-state index in [4.69, 9.17) is 9.05 Å². The van der Waals surface area contributed by atoms with Crippen molar-refractivity contribution in [1.29, 1.82) is 0 Å². The molecule has 25 heavy (non-hydrogen) atoms. The molecule has 2 fully saturated rings. The Balaban J connectivity index is 1.47. The van der Waals surface area contributed by atoms with Gasteiger partial charge in [0.2, 0.25) is 11.8 Å². The number of carbonyl (C=O) groups excluding carboxylic acids is 1. The molecule has 1 aliphatic carbocycles. The average molecular weight is 344 g/mol. The summed E-state index contributed by atoms with van der Waals surface area (Å²) in [5.41, 5.74) is 1.90. The first-order valence-electron chi connectivity index (χ1n) is 9.10. The summed E-state index contributed by atoms with van der Waals surface area (Å²) in [6, 6.07) is -0.0594. The van der Waals surface area contributed by atoms with Crippen molar-refractivity contribution in [3.05, 3.63) is 28.7 Å². The molecule has 2 atom stereocenters. The fourth-order valence-electron chi connectivity index (χ4n) is 3.65. The van der Waals surface area contributed by atoms with Crippen molar-refractivity contribution in [3.63, 3.8) is 0 Å². The predicted molar refractivity (Wildman–Crippen MR) is 88.8 cm³/mol. The molecule has 1 amide bonds. The van der Waals surface area contributed by atoms with Gasteiger partial charge in [0.05, 0.1) is 11.7 Å². The third-order valence-corrected chi connectivity index (χ3v) is 5.33. The van der Waals surface area contributed by atoms with Crippen molar-refractivity contribution in [1.82, 2.24) is 20.2 Å². The van der Waals surface area contributed by atoms with E-state index >= 15 is 0 Å². The Labute approximate surface area is 146 Å². The van der Waals surface area contributed by atoms with E-state index in [1.165, 1.54) is 0 Å². The Morgan fingerprint density at radius 3 is 2.72 bits per heavy atom. The molecule has 134 valence electrons. The Hall–Kier alpha value is -2.18. The van der Waals surface area contributed by atoms with Gasteiger partial charge in [-0.3, -0.25) is 4.79 Å². The lowest BCUT2D eigenvalue weighted by atomic mass is 9.98. The number of aromatic nitrogens is 3. The molecular weight excluding hydrogens is 320 g/mol. The molecule has 2 aliphatic rings. The van der Waals surface area contributed by atoms with Crippen LogP contribution in [-0.2, 0) is 11.2 Å². The summed E-state index contributed by atoms with van der Waals surface area (Å²) < 4.78 is 10.6. The topological polar surface area (TPSA) is 85.3 Å². The van der Waals surface area contributed by atoms with Gasteiger partial charge in [-0.25, -0.2) is 0 Å². The first kappa shape index (κ1) is 16.3. The van der Waals surface area contributed by atoms with Gasteiger partial charge >= 0.3 is 0 Å². The standard InChI is InChI=1S/C18H24N4O3/c1-10(9-14-11(2)20-24-12(14)3)18(23)22-8-4-5-15(22)16-19-17(25-21-16)13-6-7-13/h10,13,15H,4-9H2,1-3H3/t10-,15-/m1/s1. The minimum atomic E-state index is -0.132. The van der Waals surface area contributed by atoms with Crippen molar-refractivity contribution >= 4 is 5.91 Å². The summed E-state index contributed by atoms with van der Waals surface area (Å²) in [5.74, 6) is 2.63. The second kappa shape index (κ2) is 6.28. The number of rotatable bonds is 5. The van der Waals surface area contributed by atoms with Gasteiger partial charge in [0.1, 0.15) is 5.76 Å². The van der Waals surface area contributed by atoms with Gasteiger partial charge in [0.15, 0.2) is 5.82 Å². The van der Waals surface area contributed by atoms with Crippen LogP contribution in [0.2, 0.25) is 0 Å².